The monoisotopic (exact) mass is 251 g/mol. The quantitative estimate of drug-likeness (QED) is 0.892. The Kier molecular flexibility index (Phi) is 4.54. The number of aromatic nitrogens is 2. The van der Waals surface area contributed by atoms with Crippen LogP contribution in [0, 0.1) is 25.2 Å². The lowest BCUT2D eigenvalue weighted by molar-refractivity contribution is -0.128. The number of rotatable bonds is 4. The third-order valence-corrected chi connectivity index (χ3v) is 2.88. The summed E-state index contributed by atoms with van der Waals surface area (Å²) in [5, 5.41) is 7.42. The fraction of sp³-hybridized carbons (Fsp3) is 0.714. The molecule has 1 unspecified atom stereocenters. The largest absolute Gasteiger partial charge is 0.355 e. The van der Waals surface area contributed by atoms with Gasteiger partial charge in [0.2, 0.25) is 5.91 Å². The summed E-state index contributed by atoms with van der Waals surface area (Å²) in [6, 6.07) is 2.07. The van der Waals surface area contributed by atoms with Crippen LogP contribution in [0.4, 0.5) is 0 Å². The number of carbonyl (C=O) groups excluding carboxylic acids is 1. The number of nitrogens with zero attached hydrogens (tertiary/aromatic N) is 2. The zero-order valence-corrected chi connectivity index (χ0v) is 12.4. The molecule has 1 heterocycles. The number of carbonyl (C=O) groups is 1. The highest BCUT2D eigenvalue weighted by molar-refractivity contribution is 5.81. The molecule has 1 amide bonds. The first kappa shape index (κ1) is 14.7. The van der Waals surface area contributed by atoms with E-state index in [9.17, 15) is 4.79 Å². The van der Waals surface area contributed by atoms with E-state index in [0.717, 1.165) is 12.2 Å². The lowest BCUT2D eigenvalue weighted by Gasteiger charge is -2.20. The summed E-state index contributed by atoms with van der Waals surface area (Å²) < 4.78 is 2.00. The van der Waals surface area contributed by atoms with Gasteiger partial charge in [-0.3, -0.25) is 9.48 Å². The van der Waals surface area contributed by atoms with Crippen molar-refractivity contribution in [3.8, 4) is 0 Å². The van der Waals surface area contributed by atoms with Crippen LogP contribution in [0.5, 0.6) is 0 Å². The van der Waals surface area contributed by atoms with Crippen LogP contribution in [-0.2, 0) is 11.3 Å². The molecule has 1 N–H and O–H groups in total. The lowest BCUT2D eigenvalue weighted by Crippen LogP contribution is -2.38. The van der Waals surface area contributed by atoms with Gasteiger partial charge in [-0.15, -0.1) is 0 Å². The molecule has 1 aromatic heterocycles. The SMILES string of the molecule is Cc1cc(C)n(CC(C)CNC(=O)C(C)(C)C)n1. The Bertz CT molecular complexity index is 415. The van der Waals surface area contributed by atoms with Crippen molar-refractivity contribution in [1.29, 1.82) is 0 Å². The average Bonchev–Trinajstić information content (AvgIpc) is 2.52. The van der Waals surface area contributed by atoms with Crippen LogP contribution in [0.3, 0.4) is 0 Å². The van der Waals surface area contributed by atoms with Gasteiger partial charge >= 0.3 is 0 Å². The Hall–Kier alpha value is -1.32. The van der Waals surface area contributed by atoms with Gasteiger partial charge in [-0.2, -0.15) is 5.10 Å². The molecule has 18 heavy (non-hydrogen) atoms. The van der Waals surface area contributed by atoms with Gasteiger partial charge in [-0.1, -0.05) is 27.7 Å². The molecule has 1 atom stereocenters. The topological polar surface area (TPSA) is 46.9 Å². The predicted molar refractivity (Wildman–Crippen MR) is 73.3 cm³/mol. The summed E-state index contributed by atoms with van der Waals surface area (Å²) in [4.78, 5) is 11.8. The minimum absolute atomic E-state index is 0.0997. The minimum Gasteiger partial charge on any atom is -0.355 e. The molecule has 0 spiro atoms. The van der Waals surface area contributed by atoms with Crippen LogP contribution in [-0.4, -0.2) is 22.2 Å². The second-order valence-electron chi connectivity index (χ2n) is 6.17. The predicted octanol–water partition coefficient (Wildman–Crippen LogP) is 2.30. The maximum atomic E-state index is 11.8. The Morgan fingerprint density at radius 3 is 2.50 bits per heavy atom. The first-order valence-electron chi connectivity index (χ1n) is 6.49. The molecule has 0 saturated heterocycles. The smallest absolute Gasteiger partial charge is 0.225 e. The van der Waals surface area contributed by atoms with Crippen molar-refractivity contribution in [2.24, 2.45) is 11.3 Å². The highest BCUT2D eigenvalue weighted by Crippen LogP contribution is 2.13. The highest BCUT2D eigenvalue weighted by atomic mass is 16.2. The van der Waals surface area contributed by atoms with Crippen molar-refractivity contribution in [2.75, 3.05) is 6.54 Å². The van der Waals surface area contributed by atoms with E-state index in [4.69, 9.17) is 0 Å². The number of aryl methyl sites for hydroxylation is 2. The van der Waals surface area contributed by atoms with E-state index < -0.39 is 0 Å². The summed E-state index contributed by atoms with van der Waals surface area (Å²) in [7, 11) is 0. The molecule has 1 aromatic rings. The van der Waals surface area contributed by atoms with E-state index in [2.05, 4.69) is 30.3 Å². The molecule has 102 valence electrons. The third-order valence-electron chi connectivity index (χ3n) is 2.88. The maximum absolute atomic E-state index is 11.8. The van der Waals surface area contributed by atoms with Crippen molar-refractivity contribution in [1.82, 2.24) is 15.1 Å². The van der Waals surface area contributed by atoms with Crippen LogP contribution in [0.15, 0.2) is 6.07 Å². The molecule has 0 aromatic carbocycles. The van der Waals surface area contributed by atoms with E-state index in [1.54, 1.807) is 0 Å². The van der Waals surface area contributed by atoms with Crippen LogP contribution in [0.25, 0.3) is 0 Å². The van der Waals surface area contributed by atoms with Gasteiger partial charge in [0.1, 0.15) is 0 Å². The van der Waals surface area contributed by atoms with Crippen LogP contribution in [0.1, 0.15) is 39.1 Å². The van der Waals surface area contributed by atoms with E-state index >= 15 is 0 Å². The normalized spacial score (nSPS) is 13.4. The van der Waals surface area contributed by atoms with E-state index in [1.165, 1.54) is 5.69 Å². The lowest BCUT2D eigenvalue weighted by atomic mass is 9.95. The molecule has 4 nitrogen and oxygen atoms in total. The number of amides is 1. The maximum Gasteiger partial charge on any atom is 0.225 e. The van der Waals surface area contributed by atoms with Crippen molar-refractivity contribution < 1.29 is 4.79 Å². The zero-order valence-electron chi connectivity index (χ0n) is 12.4. The number of nitrogens with one attached hydrogen (secondary N) is 1. The highest BCUT2D eigenvalue weighted by Gasteiger charge is 2.21. The fourth-order valence-corrected chi connectivity index (χ4v) is 1.75. The minimum atomic E-state index is -0.322. The molecule has 0 saturated carbocycles. The van der Waals surface area contributed by atoms with Gasteiger partial charge in [0.25, 0.3) is 0 Å². The number of hydrogen-bond donors (Lipinski definition) is 1. The van der Waals surface area contributed by atoms with Crippen molar-refractivity contribution >= 4 is 5.91 Å². The van der Waals surface area contributed by atoms with Crippen LogP contribution in [0.2, 0.25) is 0 Å². The van der Waals surface area contributed by atoms with Crippen LogP contribution < -0.4 is 5.32 Å². The molecular formula is C14H25N3O. The summed E-state index contributed by atoms with van der Waals surface area (Å²) in [5.74, 6) is 0.469. The van der Waals surface area contributed by atoms with Crippen molar-refractivity contribution in [3.05, 3.63) is 17.5 Å². The molecule has 1 rings (SSSR count). The molecular weight excluding hydrogens is 226 g/mol. The summed E-state index contributed by atoms with van der Waals surface area (Å²) in [6.45, 7) is 13.5. The van der Waals surface area contributed by atoms with E-state index in [0.29, 0.717) is 12.5 Å². The van der Waals surface area contributed by atoms with Crippen molar-refractivity contribution in [3.63, 3.8) is 0 Å². The van der Waals surface area contributed by atoms with Crippen LogP contribution >= 0.6 is 0 Å². The summed E-state index contributed by atoms with van der Waals surface area (Å²) in [6.07, 6.45) is 0. The van der Waals surface area contributed by atoms with Gasteiger partial charge in [0.15, 0.2) is 0 Å². The standard InChI is InChI=1S/C14H25N3O/c1-10(8-15-13(18)14(4,5)6)9-17-12(3)7-11(2)16-17/h7,10H,8-9H2,1-6H3,(H,15,18). The Labute approximate surface area is 110 Å². The first-order chi connectivity index (χ1) is 8.20. The Balaban J connectivity index is 2.45. The van der Waals surface area contributed by atoms with Gasteiger partial charge < -0.3 is 5.32 Å². The molecule has 0 bridgehead atoms. The second kappa shape index (κ2) is 5.55. The summed E-state index contributed by atoms with van der Waals surface area (Å²) >= 11 is 0. The Morgan fingerprint density at radius 2 is 2.06 bits per heavy atom. The van der Waals surface area contributed by atoms with Gasteiger partial charge in [-0.05, 0) is 25.8 Å². The van der Waals surface area contributed by atoms with E-state index in [1.807, 2.05) is 32.4 Å². The molecule has 0 fully saturated rings. The molecule has 0 aliphatic heterocycles. The zero-order chi connectivity index (χ0) is 13.9. The average molecular weight is 251 g/mol. The third kappa shape index (κ3) is 4.17. The molecule has 0 radical (unpaired) electrons. The van der Waals surface area contributed by atoms with Crippen molar-refractivity contribution in [2.45, 2.75) is 48.1 Å². The molecule has 0 aliphatic carbocycles. The van der Waals surface area contributed by atoms with E-state index in [-0.39, 0.29) is 11.3 Å². The Morgan fingerprint density at radius 1 is 1.44 bits per heavy atom. The summed E-state index contributed by atoms with van der Waals surface area (Å²) in [5.41, 5.74) is 1.89. The van der Waals surface area contributed by atoms with Gasteiger partial charge in [0.05, 0.1) is 5.69 Å². The molecule has 0 aliphatic rings. The fourth-order valence-electron chi connectivity index (χ4n) is 1.75. The van der Waals surface area contributed by atoms with Gasteiger partial charge in [-0.25, -0.2) is 0 Å². The first-order valence-corrected chi connectivity index (χ1v) is 6.49. The number of hydrogen-bond acceptors (Lipinski definition) is 2. The van der Waals surface area contributed by atoms with Gasteiger partial charge in [0, 0.05) is 24.2 Å². The second-order valence-corrected chi connectivity index (χ2v) is 6.17. The molecule has 4 heteroatoms.